The van der Waals surface area contributed by atoms with Gasteiger partial charge in [-0.05, 0) is 6.42 Å². The molecule has 0 aromatic heterocycles. The van der Waals surface area contributed by atoms with Gasteiger partial charge in [0.05, 0.1) is 0 Å². The highest BCUT2D eigenvalue weighted by atomic mass is 31.2. The third-order valence-corrected chi connectivity index (χ3v) is 2.38. The number of rotatable bonds is 4. The van der Waals surface area contributed by atoms with Crippen LogP contribution in [-0.4, -0.2) is 17.5 Å². The molecule has 1 unspecified atom stereocenters. The maximum atomic E-state index is 10.7. The molecule has 1 atom stereocenters. The molecular weight excluding hydrogens is 155 g/mol. The topological polar surface area (TPSA) is 63.6 Å². The molecule has 0 fully saturated rings. The Labute approximate surface area is 59.7 Å². The van der Waals surface area contributed by atoms with Gasteiger partial charge in [-0.2, -0.15) is 0 Å². The number of carbonyl (C=O) groups excluding carboxylic acids is 1. The van der Waals surface area contributed by atoms with E-state index in [2.05, 4.69) is 4.52 Å². The predicted octanol–water partition coefficient (Wildman–Crippen LogP) is 1.14. The molecule has 5 heteroatoms. The Bertz CT molecular complexity index is 165. The van der Waals surface area contributed by atoms with Gasteiger partial charge in [0.25, 0.3) is 0 Å². The summed E-state index contributed by atoms with van der Waals surface area (Å²) in [5.41, 5.74) is -0.711. The molecule has 4 nitrogen and oxygen atoms in total. The molecule has 0 heterocycles. The summed E-state index contributed by atoms with van der Waals surface area (Å²) in [6.07, 6.45) is 0.661. The molecule has 1 N–H and O–H groups in total. The lowest BCUT2D eigenvalue weighted by molar-refractivity contribution is -0.113. The van der Waals surface area contributed by atoms with Crippen molar-refractivity contribution < 1.29 is 18.8 Å². The molecule has 10 heavy (non-hydrogen) atoms. The maximum Gasteiger partial charge on any atom is 0.393 e. The molecule has 0 bridgehead atoms. The Hall–Kier alpha value is -0.180. The van der Waals surface area contributed by atoms with E-state index in [4.69, 9.17) is 4.89 Å². The Kier molecular flexibility index (Phi) is 3.79. The van der Waals surface area contributed by atoms with Crippen molar-refractivity contribution in [2.75, 3.05) is 7.11 Å². The van der Waals surface area contributed by atoms with Gasteiger partial charge < -0.3 is 9.42 Å². The van der Waals surface area contributed by atoms with Crippen LogP contribution >= 0.6 is 7.60 Å². The average Bonchev–Trinajstić information content (AvgIpc) is 1.89. The van der Waals surface area contributed by atoms with Crippen LogP contribution in [0.4, 0.5) is 0 Å². The van der Waals surface area contributed by atoms with Gasteiger partial charge in [0.15, 0.2) is 0 Å². The molecule has 60 valence electrons. The van der Waals surface area contributed by atoms with Crippen LogP contribution in [-0.2, 0) is 13.9 Å². The second-order valence-electron chi connectivity index (χ2n) is 1.85. The van der Waals surface area contributed by atoms with Crippen LogP contribution in [0.1, 0.15) is 19.8 Å². The fourth-order valence-electron chi connectivity index (χ4n) is 0.457. The molecule has 0 aliphatic heterocycles. The highest BCUT2D eigenvalue weighted by molar-refractivity contribution is 7.70. The predicted molar refractivity (Wildman–Crippen MR) is 36.7 cm³/mol. The first kappa shape index (κ1) is 9.82. The summed E-state index contributed by atoms with van der Waals surface area (Å²) in [7, 11) is -2.87. The molecule has 0 saturated heterocycles. The third-order valence-electron chi connectivity index (χ3n) is 1.03. The largest absolute Gasteiger partial charge is 0.393 e. The summed E-state index contributed by atoms with van der Waals surface area (Å²) in [6, 6.07) is 0. The molecule has 0 aromatic carbocycles. The number of carbonyl (C=O) groups is 1. The third kappa shape index (κ3) is 2.60. The van der Waals surface area contributed by atoms with Crippen molar-refractivity contribution in [3.05, 3.63) is 0 Å². The molecule has 0 radical (unpaired) electrons. The van der Waals surface area contributed by atoms with Crippen molar-refractivity contribution >= 4 is 13.1 Å². The summed E-state index contributed by atoms with van der Waals surface area (Å²) in [5.74, 6) is 0. The number of hydrogen-bond donors (Lipinski definition) is 1. The standard InChI is InChI=1S/C5H11O4P/c1-3-4-5(6)10(7,8)9-2/h3-4H2,1-2H3,(H,7,8). The molecule has 0 aromatic rings. The van der Waals surface area contributed by atoms with Gasteiger partial charge in [-0.25, -0.2) is 0 Å². The summed E-state index contributed by atoms with van der Waals surface area (Å²) >= 11 is 0. The lowest BCUT2D eigenvalue weighted by atomic mass is 10.4. The lowest BCUT2D eigenvalue weighted by Crippen LogP contribution is -1.99. The second-order valence-corrected chi connectivity index (χ2v) is 3.75. The molecule has 0 rings (SSSR count). The minimum atomic E-state index is -3.92. The molecule has 0 spiro atoms. The van der Waals surface area contributed by atoms with Crippen LogP contribution in [0, 0.1) is 0 Å². The van der Waals surface area contributed by atoms with Gasteiger partial charge in [0, 0.05) is 13.5 Å². The highest BCUT2D eigenvalue weighted by Gasteiger charge is 2.26. The van der Waals surface area contributed by atoms with Crippen molar-refractivity contribution in [2.45, 2.75) is 19.8 Å². The summed E-state index contributed by atoms with van der Waals surface area (Å²) in [4.78, 5) is 19.4. The molecule has 0 amide bonds. The zero-order chi connectivity index (χ0) is 8.20. The summed E-state index contributed by atoms with van der Waals surface area (Å²) in [6.45, 7) is 1.76. The van der Waals surface area contributed by atoms with Crippen molar-refractivity contribution in [1.29, 1.82) is 0 Å². The van der Waals surface area contributed by atoms with Gasteiger partial charge >= 0.3 is 7.60 Å². The second kappa shape index (κ2) is 3.86. The monoisotopic (exact) mass is 166 g/mol. The first-order valence-electron chi connectivity index (χ1n) is 2.96. The fraction of sp³-hybridized carbons (Fsp3) is 0.800. The zero-order valence-corrected chi connectivity index (χ0v) is 6.93. The SMILES string of the molecule is CCCC(=O)P(=O)(O)OC. The first-order valence-corrected chi connectivity index (χ1v) is 4.54. The van der Waals surface area contributed by atoms with E-state index < -0.39 is 13.1 Å². The minimum Gasteiger partial charge on any atom is -0.319 e. The van der Waals surface area contributed by atoms with Gasteiger partial charge in [0.2, 0.25) is 5.52 Å². The normalized spacial score (nSPS) is 16.3. The van der Waals surface area contributed by atoms with Crippen LogP contribution in [0.2, 0.25) is 0 Å². The van der Waals surface area contributed by atoms with Crippen molar-refractivity contribution in [2.24, 2.45) is 0 Å². The van der Waals surface area contributed by atoms with E-state index in [-0.39, 0.29) is 6.42 Å². The van der Waals surface area contributed by atoms with Crippen LogP contribution in [0.25, 0.3) is 0 Å². The van der Waals surface area contributed by atoms with Crippen LogP contribution in [0.15, 0.2) is 0 Å². The minimum absolute atomic E-state index is 0.0988. The summed E-state index contributed by atoms with van der Waals surface area (Å²) < 4.78 is 14.8. The van der Waals surface area contributed by atoms with Gasteiger partial charge in [0.1, 0.15) is 0 Å². The smallest absolute Gasteiger partial charge is 0.319 e. The Morgan fingerprint density at radius 1 is 1.70 bits per heavy atom. The van der Waals surface area contributed by atoms with E-state index in [0.29, 0.717) is 6.42 Å². The zero-order valence-electron chi connectivity index (χ0n) is 6.03. The van der Waals surface area contributed by atoms with Crippen LogP contribution < -0.4 is 0 Å². The van der Waals surface area contributed by atoms with E-state index in [9.17, 15) is 9.36 Å². The molecular formula is C5H11O4P. The van der Waals surface area contributed by atoms with E-state index in [1.165, 1.54) is 0 Å². The average molecular weight is 166 g/mol. The highest BCUT2D eigenvalue weighted by Crippen LogP contribution is 2.42. The fourth-order valence-corrected chi connectivity index (χ4v) is 1.17. The number of hydrogen-bond acceptors (Lipinski definition) is 3. The van der Waals surface area contributed by atoms with E-state index in [0.717, 1.165) is 7.11 Å². The van der Waals surface area contributed by atoms with Gasteiger partial charge in [-0.15, -0.1) is 0 Å². The Morgan fingerprint density at radius 3 is 2.50 bits per heavy atom. The molecule has 0 saturated carbocycles. The van der Waals surface area contributed by atoms with Gasteiger partial charge in [-0.3, -0.25) is 9.36 Å². The quantitative estimate of drug-likeness (QED) is 0.636. The first-order chi connectivity index (χ1) is 4.54. The Balaban J connectivity index is 4.06. The van der Waals surface area contributed by atoms with Crippen LogP contribution in [0.5, 0.6) is 0 Å². The molecule has 0 aliphatic rings. The van der Waals surface area contributed by atoms with E-state index in [1.807, 2.05) is 0 Å². The Morgan fingerprint density at radius 2 is 2.20 bits per heavy atom. The van der Waals surface area contributed by atoms with Crippen molar-refractivity contribution in [3.63, 3.8) is 0 Å². The van der Waals surface area contributed by atoms with Crippen molar-refractivity contribution in [1.82, 2.24) is 0 Å². The van der Waals surface area contributed by atoms with Crippen molar-refractivity contribution in [3.8, 4) is 0 Å². The summed E-state index contributed by atoms with van der Waals surface area (Å²) in [5, 5.41) is 0. The van der Waals surface area contributed by atoms with E-state index >= 15 is 0 Å². The maximum absolute atomic E-state index is 10.7. The van der Waals surface area contributed by atoms with E-state index in [1.54, 1.807) is 6.92 Å². The molecule has 0 aliphatic carbocycles. The van der Waals surface area contributed by atoms with Crippen LogP contribution in [0.3, 0.4) is 0 Å². The van der Waals surface area contributed by atoms with Gasteiger partial charge in [-0.1, -0.05) is 6.92 Å². The lowest BCUT2D eigenvalue weighted by Gasteiger charge is -2.04.